The van der Waals surface area contributed by atoms with Gasteiger partial charge in [0.05, 0.1) is 0 Å². The van der Waals surface area contributed by atoms with Crippen LogP contribution in [0.5, 0.6) is 0 Å². The van der Waals surface area contributed by atoms with Gasteiger partial charge in [-0.2, -0.15) is 0 Å². The molecule has 0 rings (SSSR count). The second-order valence-electron chi connectivity index (χ2n) is 3.73. The second kappa shape index (κ2) is 8.37. The first-order valence-corrected chi connectivity index (χ1v) is 7.46. The molecule has 4 N–H and O–H groups in total. The maximum atomic E-state index is 9.11. The van der Waals surface area contributed by atoms with Crippen LogP contribution in [0.2, 0.25) is 6.04 Å². The van der Waals surface area contributed by atoms with E-state index in [1.54, 1.807) is 0 Å². The summed E-state index contributed by atoms with van der Waals surface area (Å²) < 4.78 is 4.13. The topological polar surface area (TPSA) is 75.7 Å². The number of hydrogen-bond donors (Lipinski definition) is 3. The van der Waals surface area contributed by atoms with Crippen LogP contribution in [0.3, 0.4) is 0 Å². The third-order valence-corrected chi connectivity index (χ3v) is 3.68. The Labute approximate surface area is 87.4 Å². The second-order valence-corrected chi connectivity index (χ2v) is 5.95. The van der Waals surface area contributed by atoms with E-state index in [-0.39, 0.29) is 0 Å². The van der Waals surface area contributed by atoms with E-state index in [1.807, 2.05) is 0 Å². The standard InChI is InChI=1S/C9H23NO3Si/c1-2-3-4-5-6-7-8-9-14(11,12)13-10/h11-12H,2-10H2,1H3. The van der Waals surface area contributed by atoms with Crippen molar-refractivity contribution in [2.75, 3.05) is 0 Å². The lowest BCUT2D eigenvalue weighted by Gasteiger charge is -2.12. The molecule has 0 aromatic rings. The number of rotatable bonds is 9. The molecule has 0 atom stereocenters. The minimum Gasteiger partial charge on any atom is -0.389 e. The summed E-state index contributed by atoms with van der Waals surface area (Å²) in [7, 11) is -3.47. The molecule has 0 aliphatic carbocycles. The van der Waals surface area contributed by atoms with Crippen LogP contribution < -0.4 is 5.90 Å². The van der Waals surface area contributed by atoms with Crippen molar-refractivity contribution in [3.63, 3.8) is 0 Å². The average Bonchev–Trinajstić information content (AvgIpc) is 2.16. The van der Waals surface area contributed by atoms with Crippen LogP contribution in [-0.4, -0.2) is 18.4 Å². The van der Waals surface area contributed by atoms with Crippen LogP contribution in [0.4, 0.5) is 0 Å². The zero-order valence-corrected chi connectivity index (χ0v) is 10.0. The first kappa shape index (κ1) is 14.1. The molecule has 0 unspecified atom stereocenters. The van der Waals surface area contributed by atoms with Gasteiger partial charge >= 0.3 is 8.80 Å². The summed E-state index contributed by atoms with van der Waals surface area (Å²) in [4.78, 5) is 18.2. The third-order valence-electron chi connectivity index (χ3n) is 2.29. The molecule has 0 aliphatic heterocycles. The molecule has 0 amide bonds. The fraction of sp³-hybridized carbons (Fsp3) is 1.00. The van der Waals surface area contributed by atoms with Gasteiger partial charge in [-0.3, -0.25) is 4.53 Å². The van der Waals surface area contributed by atoms with Crippen molar-refractivity contribution in [2.45, 2.75) is 57.9 Å². The Kier molecular flexibility index (Phi) is 8.41. The molecule has 0 fully saturated rings. The Morgan fingerprint density at radius 3 is 2.00 bits per heavy atom. The SMILES string of the molecule is CCCCCCCCC[Si](O)(O)ON. The van der Waals surface area contributed by atoms with Crippen LogP contribution in [0.25, 0.3) is 0 Å². The van der Waals surface area contributed by atoms with E-state index in [0.717, 1.165) is 19.3 Å². The van der Waals surface area contributed by atoms with Gasteiger partial charge in [0.25, 0.3) is 0 Å². The zero-order chi connectivity index (χ0) is 10.9. The largest absolute Gasteiger partial charge is 0.512 e. The van der Waals surface area contributed by atoms with Crippen molar-refractivity contribution >= 4 is 8.80 Å². The molecule has 0 aromatic heterocycles. The molecule has 0 bridgehead atoms. The van der Waals surface area contributed by atoms with Gasteiger partial charge in [-0.15, -0.1) is 0 Å². The molecule has 0 aliphatic rings. The molecular formula is C9H23NO3Si. The quantitative estimate of drug-likeness (QED) is 0.314. The first-order chi connectivity index (χ1) is 6.62. The van der Waals surface area contributed by atoms with Gasteiger partial charge in [-0.25, -0.2) is 5.90 Å². The van der Waals surface area contributed by atoms with Crippen molar-refractivity contribution in [2.24, 2.45) is 5.90 Å². The summed E-state index contributed by atoms with van der Waals surface area (Å²) in [6.45, 7) is 2.19. The highest BCUT2D eigenvalue weighted by molar-refractivity contribution is 6.57. The predicted octanol–water partition coefficient (Wildman–Crippen LogP) is 1.55. The molecule has 4 nitrogen and oxygen atoms in total. The highest BCUT2D eigenvalue weighted by Gasteiger charge is 2.30. The van der Waals surface area contributed by atoms with Gasteiger partial charge in [0, 0.05) is 6.04 Å². The molecule has 14 heavy (non-hydrogen) atoms. The number of nitrogens with two attached hydrogens (primary N) is 1. The third kappa shape index (κ3) is 8.65. The summed E-state index contributed by atoms with van der Waals surface area (Å²) in [5, 5.41) is 0. The van der Waals surface area contributed by atoms with E-state index in [4.69, 9.17) is 15.5 Å². The van der Waals surface area contributed by atoms with E-state index >= 15 is 0 Å². The molecule has 86 valence electrons. The van der Waals surface area contributed by atoms with Crippen LogP contribution in [0, 0.1) is 0 Å². The summed E-state index contributed by atoms with van der Waals surface area (Å²) in [6.07, 6.45) is 8.06. The summed E-state index contributed by atoms with van der Waals surface area (Å²) in [5.74, 6) is 4.75. The van der Waals surface area contributed by atoms with Crippen molar-refractivity contribution < 1.29 is 14.1 Å². The van der Waals surface area contributed by atoms with E-state index < -0.39 is 8.80 Å². The van der Waals surface area contributed by atoms with Crippen molar-refractivity contribution in [3.05, 3.63) is 0 Å². The molecule has 0 radical (unpaired) electrons. The van der Waals surface area contributed by atoms with Gasteiger partial charge in [-0.05, 0) is 6.42 Å². The zero-order valence-electron chi connectivity index (χ0n) is 9.04. The molecule has 0 saturated carbocycles. The predicted molar refractivity (Wildman–Crippen MR) is 58.3 cm³/mol. The smallest absolute Gasteiger partial charge is 0.389 e. The lowest BCUT2D eigenvalue weighted by molar-refractivity contribution is 0.148. The maximum Gasteiger partial charge on any atom is 0.512 e. The van der Waals surface area contributed by atoms with Crippen LogP contribution >= 0.6 is 0 Å². The molecule has 0 heterocycles. The van der Waals surface area contributed by atoms with Gasteiger partial charge in [0.1, 0.15) is 0 Å². The number of unbranched alkanes of at least 4 members (excludes halogenated alkanes) is 6. The maximum absolute atomic E-state index is 9.11. The minimum absolute atomic E-state index is 0.317. The van der Waals surface area contributed by atoms with E-state index in [2.05, 4.69) is 11.5 Å². The summed E-state index contributed by atoms with van der Waals surface area (Å²) in [5.41, 5.74) is 0. The van der Waals surface area contributed by atoms with Gasteiger partial charge in [-0.1, -0.05) is 45.4 Å². The highest BCUT2D eigenvalue weighted by Crippen LogP contribution is 2.12. The van der Waals surface area contributed by atoms with Crippen LogP contribution in [0.15, 0.2) is 0 Å². The van der Waals surface area contributed by atoms with Gasteiger partial charge in [0.15, 0.2) is 0 Å². The monoisotopic (exact) mass is 221 g/mol. The Bertz CT molecular complexity index is 133. The van der Waals surface area contributed by atoms with Crippen molar-refractivity contribution in [1.82, 2.24) is 0 Å². The van der Waals surface area contributed by atoms with E-state index in [9.17, 15) is 0 Å². The Balaban J connectivity index is 3.13. The highest BCUT2D eigenvalue weighted by atomic mass is 28.4. The molecule has 0 saturated heterocycles. The molecule has 0 spiro atoms. The number of hydrogen-bond acceptors (Lipinski definition) is 4. The summed E-state index contributed by atoms with van der Waals surface area (Å²) >= 11 is 0. The van der Waals surface area contributed by atoms with Gasteiger partial charge < -0.3 is 9.59 Å². The van der Waals surface area contributed by atoms with E-state index in [0.29, 0.717) is 6.04 Å². The summed E-state index contributed by atoms with van der Waals surface area (Å²) in [6, 6.07) is 0.317. The lowest BCUT2D eigenvalue weighted by atomic mass is 10.1. The average molecular weight is 221 g/mol. The fourth-order valence-electron chi connectivity index (χ4n) is 1.37. The molecule has 0 aromatic carbocycles. The Morgan fingerprint density at radius 2 is 1.50 bits per heavy atom. The lowest BCUT2D eigenvalue weighted by Crippen LogP contribution is -2.41. The minimum atomic E-state index is -3.47. The fourth-order valence-corrected chi connectivity index (χ4v) is 2.20. The Hall–Kier alpha value is 0.0569. The first-order valence-electron chi connectivity index (χ1n) is 5.45. The van der Waals surface area contributed by atoms with E-state index in [1.165, 1.54) is 25.7 Å². The van der Waals surface area contributed by atoms with Crippen molar-refractivity contribution in [1.29, 1.82) is 0 Å². The molecular weight excluding hydrogens is 198 g/mol. The normalized spacial score (nSPS) is 12.0. The molecule has 5 heteroatoms. The Morgan fingerprint density at radius 1 is 1.00 bits per heavy atom. The van der Waals surface area contributed by atoms with Gasteiger partial charge in [0.2, 0.25) is 0 Å². The van der Waals surface area contributed by atoms with Crippen LogP contribution in [0.1, 0.15) is 51.9 Å². The van der Waals surface area contributed by atoms with Crippen molar-refractivity contribution in [3.8, 4) is 0 Å². The van der Waals surface area contributed by atoms with Crippen LogP contribution in [-0.2, 0) is 4.53 Å².